The van der Waals surface area contributed by atoms with E-state index in [0.717, 1.165) is 10.5 Å². The third kappa shape index (κ3) is 1.92. The van der Waals surface area contributed by atoms with Crippen molar-refractivity contribution in [3.63, 3.8) is 0 Å². The van der Waals surface area contributed by atoms with Crippen molar-refractivity contribution >= 4 is 10.8 Å². The highest BCUT2D eigenvalue weighted by atomic mass is 32.2. The Morgan fingerprint density at radius 1 is 1.36 bits per heavy atom. The smallest absolute Gasteiger partial charge is 0.0498 e. The Morgan fingerprint density at radius 3 is 2.27 bits per heavy atom. The third-order valence-corrected chi connectivity index (χ3v) is 2.29. The van der Waals surface area contributed by atoms with Crippen LogP contribution in [0, 0.1) is 12.3 Å². The Bertz CT molecular complexity index is 305. The zero-order chi connectivity index (χ0) is 8.27. The molecule has 2 heteroatoms. The summed E-state index contributed by atoms with van der Waals surface area (Å²) >= 11 is 0. The maximum atomic E-state index is 10.9. The Morgan fingerprint density at radius 2 is 1.91 bits per heavy atom. The van der Waals surface area contributed by atoms with Crippen molar-refractivity contribution in [1.82, 2.24) is 0 Å². The summed E-state index contributed by atoms with van der Waals surface area (Å²) < 4.78 is 10.9. The van der Waals surface area contributed by atoms with E-state index in [1.165, 1.54) is 0 Å². The molecule has 0 saturated heterocycles. The van der Waals surface area contributed by atoms with Crippen LogP contribution in [0.25, 0.3) is 0 Å². The van der Waals surface area contributed by atoms with Crippen LogP contribution in [-0.4, -0.2) is 10.5 Å². The van der Waals surface area contributed by atoms with Crippen molar-refractivity contribution in [2.45, 2.75) is 4.90 Å². The first-order chi connectivity index (χ1) is 5.24. The van der Waals surface area contributed by atoms with Gasteiger partial charge in [-0.3, -0.25) is 4.21 Å². The molecule has 56 valence electrons. The van der Waals surface area contributed by atoms with Crippen molar-refractivity contribution < 1.29 is 4.21 Å². The summed E-state index contributed by atoms with van der Waals surface area (Å²) in [5.41, 5.74) is 0.819. The molecule has 0 fully saturated rings. The molecule has 0 N–H and O–H groups in total. The van der Waals surface area contributed by atoms with Gasteiger partial charge in [0.05, 0.1) is 0 Å². The number of benzene rings is 1. The lowest BCUT2D eigenvalue weighted by Crippen LogP contribution is -1.86. The maximum absolute atomic E-state index is 10.9. The summed E-state index contributed by atoms with van der Waals surface area (Å²) in [6, 6.07) is 7.14. The lowest BCUT2D eigenvalue weighted by Gasteiger charge is -1.94. The van der Waals surface area contributed by atoms with Gasteiger partial charge in [0, 0.05) is 27.5 Å². The molecule has 1 aromatic rings. The molecule has 0 unspecified atom stereocenters. The lowest BCUT2D eigenvalue weighted by atomic mass is 10.2. The van der Waals surface area contributed by atoms with Crippen molar-refractivity contribution in [2.24, 2.45) is 0 Å². The van der Waals surface area contributed by atoms with Crippen LogP contribution in [0.15, 0.2) is 29.2 Å². The summed E-state index contributed by atoms with van der Waals surface area (Å²) in [6.07, 6.45) is 6.79. The van der Waals surface area contributed by atoms with Crippen LogP contribution in [0.3, 0.4) is 0 Å². The fourth-order valence-electron chi connectivity index (χ4n) is 0.743. The van der Waals surface area contributed by atoms with Gasteiger partial charge in [0.2, 0.25) is 0 Å². The van der Waals surface area contributed by atoms with Crippen LogP contribution >= 0.6 is 0 Å². The first-order valence-electron chi connectivity index (χ1n) is 3.14. The molecular formula is C9H8OS. The Kier molecular flexibility index (Phi) is 2.45. The van der Waals surface area contributed by atoms with Gasteiger partial charge in [-0.1, -0.05) is 5.92 Å². The molecule has 11 heavy (non-hydrogen) atoms. The van der Waals surface area contributed by atoms with Gasteiger partial charge in [0.1, 0.15) is 0 Å². The van der Waals surface area contributed by atoms with E-state index in [4.69, 9.17) is 6.42 Å². The van der Waals surface area contributed by atoms with E-state index in [-0.39, 0.29) is 0 Å². The fraction of sp³-hybridized carbons (Fsp3) is 0.111. The second-order valence-corrected chi connectivity index (χ2v) is 3.50. The number of hydrogen-bond donors (Lipinski definition) is 0. The van der Waals surface area contributed by atoms with E-state index < -0.39 is 10.8 Å². The highest BCUT2D eigenvalue weighted by molar-refractivity contribution is 7.84. The molecule has 0 saturated carbocycles. The molecule has 0 aliphatic carbocycles. The molecule has 1 nitrogen and oxygen atoms in total. The SMILES string of the molecule is C#Cc1ccc([S@](C)=O)cc1. The first kappa shape index (κ1) is 8.03. The van der Waals surface area contributed by atoms with Gasteiger partial charge in [-0.2, -0.15) is 0 Å². The van der Waals surface area contributed by atoms with Crippen molar-refractivity contribution in [3.8, 4) is 12.3 Å². The Hall–Kier alpha value is -1.07. The predicted octanol–water partition coefficient (Wildman–Crippen LogP) is 1.41. The van der Waals surface area contributed by atoms with Crippen LogP contribution < -0.4 is 0 Å². The van der Waals surface area contributed by atoms with Crippen molar-refractivity contribution in [2.75, 3.05) is 6.26 Å². The van der Waals surface area contributed by atoms with Gasteiger partial charge in [-0.05, 0) is 24.3 Å². The average molecular weight is 164 g/mol. The van der Waals surface area contributed by atoms with Crippen molar-refractivity contribution in [3.05, 3.63) is 29.8 Å². The van der Waals surface area contributed by atoms with E-state index >= 15 is 0 Å². The summed E-state index contributed by atoms with van der Waals surface area (Å²) in [4.78, 5) is 0.809. The lowest BCUT2D eigenvalue weighted by molar-refractivity contribution is 0.687. The first-order valence-corrected chi connectivity index (χ1v) is 4.70. The summed E-state index contributed by atoms with van der Waals surface area (Å²) in [5.74, 6) is 2.49. The van der Waals surface area contributed by atoms with E-state index in [1.807, 2.05) is 0 Å². The van der Waals surface area contributed by atoms with Crippen molar-refractivity contribution in [1.29, 1.82) is 0 Å². The summed E-state index contributed by atoms with van der Waals surface area (Å²) in [5, 5.41) is 0. The molecule has 1 rings (SSSR count). The molecule has 0 aliphatic rings. The number of hydrogen-bond acceptors (Lipinski definition) is 1. The molecule has 1 aromatic carbocycles. The highest BCUT2D eigenvalue weighted by Crippen LogP contribution is 2.05. The zero-order valence-electron chi connectivity index (χ0n) is 6.20. The Balaban J connectivity index is 3.03. The number of rotatable bonds is 1. The molecule has 0 heterocycles. The van der Waals surface area contributed by atoms with Gasteiger partial charge in [-0.15, -0.1) is 6.42 Å². The van der Waals surface area contributed by atoms with E-state index in [1.54, 1.807) is 30.5 Å². The largest absolute Gasteiger partial charge is 0.255 e. The van der Waals surface area contributed by atoms with E-state index in [2.05, 4.69) is 5.92 Å². The molecule has 0 spiro atoms. The molecular weight excluding hydrogens is 156 g/mol. The molecule has 0 aromatic heterocycles. The molecule has 0 aliphatic heterocycles. The zero-order valence-corrected chi connectivity index (χ0v) is 7.02. The van der Waals surface area contributed by atoms with Crippen LogP contribution in [0.4, 0.5) is 0 Å². The molecule has 0 radical (unpaired) electrons. The van der Waals surface area contributed by atoms with Gasteiger partial charge >= 0.3 is 0 Å². The second kappa shape index (κ2) is 3.36. The van der Waals surface area contributed by atoms with Gasteiger partial charge in [0.25, 0.3) is 0 Å². The van der Waals surface area contributed by atoms with E-state index in [9.17, 15) is 4.21 Å². The summed E-state index contributed by atoms with van der Waals surface area (Å²) in [6.45, 7) is 0. The van der Waals surface area contributed by atoms with Crippen LogP contribution in [0.5, 0.6) is 0 Å². The standard InChI is InChI=1S/C9H8OS/c1-3-8-4-6-9(7-5-8)11(2)10/h1,4-7H,2H3/t11-/m0/s1. The topological polar surface area (TPSA) is 17.1 Å². The van der Waals surface area contributed by atoms with Crippen LogP contribution in [-0.2, 0) is 10.8 Å². The monoisotopic (exact) mass is 164 g/mol. The molecule has 1 atom stereocenters. The van der Waals surface area contributed by atoms with E-state index in [0.29, 0.717) is 0 Å². The fourth-order valence-corrected chi connectivity index (χ4v) is 1.26. The average Bonchev–Trinajstić information content (AvgIpc) is 2.05. The van der Waals surface area contributed by atoms with Crippen LogP contribution in [0.2, 0.25) is 0 Å². The normalized spacial score (nSPS) is 12.0. The van der Waals surface area contributed by atoms with Gasteiger partial charge in [-0.25, -0.2) is 0 Å². The third-order valence-electron chi connectivity index (χ3n) is 1.35. The molecule has 0 amide bonds. The quantitative estimate of drug-likeness (QED) is 0.573. The van der Waals surface area contributed by atoms with Gasteiger partial charge < -0.3 is 0 Å². The maximum Gasteiger partial charge on any atom is 0.0498 e. The minimum absolute atomic E-state index is 0.809. The minimum Gasteiger partial charge on any atom is -0.255 e. The highest BCUT2D eigenvalue weighted by Gasteiger charge is 1.94. The Labute approximate surface area is 68.9 Å². The van der Waals surface area contributed by atoms with Gasteiger partial charge in [0.15, 0.2) is 0 Å². The summed E-state index contributed by atoms with van der Waals surface area (Å²) in [7, 11) is -0.908. The molecule has 0 bridgehead atoms. The minimum atomic E-state index is -0.908. The van der Waals surface area contributed by atoms with Crippen LogP contribution in [0.1, 0.15) is 5.56 Å². The number of terminal acetylenes is 1. The predicted molar refractivity (Wildman–Crippen MR) is 46.7 cm³/mol. The second-order valence-electron chi connectivity index (χ2n) is 2.12.